The number of nitrogens with one attached hydrogen (secondary N) is 1. The van der Waals surface area contributed by atoms with Gasteiger partial charge in [0.15, 0.2) is 0 Å². The molecular weight excluding hydrogens is 297 g/mol. The number of thioether (sulfide) groups is 1. The third-order valence-corrected chi connectivity index (χ3v) is 4.22. The van der Waals surface area contributed by atoms with E-state index in [1.54, 1.807) is 6.07 Å². The van der Waals surface area contributed by atoms with E-state index >= 15 is 0 Å². The molecule has 0 heterocycles. The SMILES string of the molecule is Clc1ccc(CNCCSc2ccccc2)c(Cl)c1. The highest BCUT2D eigenvalue weighted by Gasteiger charge is 2.00. The summed E-state index contributed by atoms with van der Waals surface area (Å²) in [4.78, 5) is 1.30. The molecule has 0 radical (unpaired) electrons. The average molecular weight is 312 g/mol. The molecule has 0 unspecified atom stereocenters. The number of rotatable bonds is 6. The first-order valence-corrected chi connectivity index (χ1v) is 7.82. The summed E-state index contributed by atoms with van der Waals surface area (Å²) in [5.41, 5.74) is 1.08. The topological polar surface area (TPSA) is 12.0 Å². The zero-order valence-corrected chi connectivity index (χ0v) is 12.7. The van der Waals surface area contributed by atoms with Gasteiger partial charge in [-0.05, 0) is 29.8 Å². The van der Waals surface area contributed by atoms with Crippen LogP contribution in [0.3, 0.4) is 0 Å². The number of hydrogen-bond acceptors (Lipinski definition) is 2. The van der Waals surface area contributed by atoms with E-state index in [1.807, 2.05) is 30.0 Å². The molecule has 0 saturated heterocycles. The minimum Gasteiger partial charge on any atom is -0.312 e. The molecule has 0 amide bonds. The van der Waals surface area contributed by atoms with Crippen LogP contribution in [0.4, 0.5) is 0 Å². The van der Waals surface area contributed by atoms with Gasteiger partial charge in [-0.1, -0.05) is 47.5 Å². The quantitative estimate of drug-likeness (QED) is 0.603. The molecule has 4 heteroatoms. The van der Waals surface area contributed by atoms with Crippen LogP contribution < -0.4 is 5.32 Å². The summed E-state index contributed by atoms with van der Waals surface area (Å²) in [7, 11) is 0. The van der Waals surface area contributed by atoms with Crippen LogP contribution in [0.2, 0.25) is 10.0 Å². The van der Waals surface area contributed by atoms with Crippen molar-refractivity contribution in [3.8, 4) is 0 Å². The van der Waals surface area contributed by atoms with Crippen molar-refractivity contribution in [3.63, 3.8) is 0 Å². The zero-order valence-electron chi connectivity index (χ0n) is 10.4. The van der Waals surface area contributed by atoms with Crippen LogP contribution in [-0.2, 0) is 6.54 Å². The van der Waals surface area contributed by atoms with Gasteiger partial charge in [0.05, 0.1) is 0 Å². The van der Waals surface area contributed by atoms with Gasteiger partial charge in [0, 0.05) is 33.8 Å². The summed E-state index contributed by atoms with van der Waals surface area (Å²) >= 11 is 13.8. The molecule has 2 aromatic carbocycles. The van der Waals surface area contributed by atoms with Crippen molar-refractivity contribution in [3.05, 3.63) is 64.1 Å². The molecule has 0 bridgehead atoms. The lowest BCUT2D eigenvalue weighted by molar-refractivity contribution is 0.732. The van der Waals surface area contributed by atoms with E-state index in [9.17, 15) is 0 Å². The normalized spacial score (nSPS) is 10.6. The second-order valence-electron chi connectivity index (χ2n) is 4.07. The van der Waals surface area contributed by atoms with Crippen LogP contribution >= 0.6 is 35.0 Å². The standard InChI is InChI=1S/C15H15Cl2NS/c16-13-7-6-12(15(17)10-13)11-18-8-9-19-14-4-2-1-3-5-14/h1-7,10,18H,8-9,11H2. The molecule has 0 atom stereocenters. The predicted octanol–water partition coefficient (Wildman–Crippen LogP) is 4.88. The molecule has 19 heavy (non-hydrogen) atoms. The van der Waals surface area contributed by atoms with Crippen molar-refractivity contribution >= 4 is 35.0 Å². The van der Waals surface area contributed by atoms with Gasteiger partial charge >= 0.3 is 0 Å². The Kier molecular flexibility index (Phi) is 6.05. The van der Waals surface area contributed by atoms with Crippen molar-refractivity contribution < 1.29 is 0 Å². The Labute approximate surface area is 128 Å². The first-order valence-electron chi connectivity index (χ1n) is 6.08. The average Bonchev–Trinajstić information content (AvgIpc) is 2.42. The molecule has 2 aromatic rings. The van der Waals surface area contributed by atoms with Crippen LogP contribution in [0.25, 0.3) is 0 Å². The van der Waals surface area contributed by atoms with E-state index in [0.717, 1.165) is 29.4 Å². The van der Waals surface area contributed by atoms with Crippen molar-refractivity contribution in [2.45, 2.75) is 11.4 Å². The van der Waals surface area contributed by atoms with Gasteiger partial charge in [-0.15, -0.1) is 11.8 Å². The maximum atomic E-state index is 6.11. The Hall–Kier alpha value is -0.670. The maximum absolute atomic E-state index is 6.11. The van der Waals surface area contributed by atoms with E-state index in [-0.39, 0.29) is 0 Å². The maximum Gasteiger partial charge on any atom is 0.0465 e. The largest absolute Gasteiger partial charge is 0.312 e. The van der Waals surface area contributed by atoms with Gasteiger partial charge in [0.25, 0.3) is 0 Å². The second-order valence-corrected chi connectivity index (χ2v) is 6.09. The molecular formula is C15H15Cl2NS. The molecule has 0 aliphatic carbocycles. The van der Waals surface area contributed by atoms with Crippen LogP contribution in [0.15, 0.2) is 53.4 Å². The van der Waals surface area contributed by atoms with Crippen molar-refractivity contribution in [1.82, 2.24) is 5.32 Å². The van der Waals surface area contributed by atoms with Gasteiger partial charge in [0.1, 0.15) is 0 Å². The number of halogens is 2. The third-order valence-electron chi connectivity index (χ3n) is 2.62. The van der Waals surface area contributed by atoms with Crippen molar-refractivity contribution in [1.29, 1.82) is 0 Å². The smallest absolute Gasteiger partial charge is 0.0465 e. The molecule has 1 N–H and O–H groups in total. The fourth-order valence-corrected chi connectivity index (χ4v) is 2.95. The summed E-state index contributed by atoms with van der Waals surface area (Å²) in [6, 6.07) is 16.0. The van der Waals surface area contributed by atoms with Crippen LogP contribution in [0.1, 0.15) is 5.56 Å². The molecule has 0 aliphatic heterocycles. The third kappa shape index (κ3) is 5.07. The monoisotopic (exact) mass is 311 g/mol. The minimum absolute atomic E-state index is 0.674. The Bertz CT molecular complexity index is 517. The molecule has 0 aliphatic rings. The molecule has 0 spiro atoms. The van der Waals surface area contributed by atoms with Gasteiger partial charge in [-0.3, -0.25) is 0 Å². The van der Waals surface area contributed by atoms with E-state index in [1.165, 1.54) is 4.90 Å². The first kappa shape index (κ1) is 14.7. The van der Waals surface area contributed by atoms with Gasteiger partial charge in [-0.25, -0.2) is 0 Å². The predicted molar refractivity (Wildman–Crippen MR) is 85.3 cm³/mol. The summed E-state index contributed by atoms with van der Waals surface area (Å²) in [6.45, 7) is 1.71. The van der Waals surface area contributed by atoms with Crippen molar-refractivity contribution in [2.24, 2.45) is 0 Å². The fourth-order valence-electron chi connectivity index (χ4n) is 1.65. The number of hydrogen-bond donors (Lipinski definition) is 1. The van der Waals surface area contributed by atoms with Crippen molar-refractivity contribution in [2.75, 3.05) is 12.3 Å². The summed E-state index contributed by atoms with van der Waals surface area (Å²) in [5.74, 6) is 1.04. The summed E-state index contributed by atoms with van der Waals surface area (Å²) < 4.78 is 0. The summed E-state index contributed by atoms with van der Waals surface area (Å²) in [5, 5.41) is 4.78. The lowest BCUT2D eigenvalue weighted by Crippen LogP contribution is -2.16. The molecule has 1 nitrogen and oxygen atoms in total. The van der Waals surface area contributed by atoms with Gasteiger partial charge < -0.3 is 5.32 Å². The molecule has 2 rings (SSSR count). The van der Waals surface area contributed by atoms with Gasteiger partial charge in [0.2, 0.25) is 0 Å². The molecule has 0 fully saturated rings. The van der Waals surface area contributed by atoms with E-state index in [0.29, 0.717) is 5.02 Å². The first-order chi connectivity index (χ1) is 9.25. The van der Waals surface area contributed by atoms with Crippen LogP contribution in [0, 0.1) is 0 Å². The van der Waals surface area contributed by atoms with Gasteiger partial charge in [-0.2, -0.15) is 0 Å². The molecule has 0 saturated carbocycles. The second kappa shape index (κ2) is 7.81. The number of benzene rings is 2. The lowest BCUT2D eigenvalue weighted by Gasteiger charge is -2.07. The minimum atomic E-state index is 0.674. The Morgan fingerprint density at radius 1 is 1.00 bits per heavy atom. The van der Waals surface area contributed by atoms with Crippen LogP contribution in [0.5, 0.6) is 0 Å². The molecule has 100 valence electrons. The highest BCUT2D eigenvalue weighted by molar-refractivity contribution is 7.99. The zero-order chi connectivity index (χ0) is 13.5. The Morgan fingerprint density at radius 3 is 2.53 bits per heavy atom. The summed E-state index contributed by atoms with van der Waals surface area (Å²) in [6.07, 6.45) is 0. The lowest BCUT2D eigenvalue weighted by atomic mass is 10.2. The molecule has 0 aromatic heterocycles. The Morgan fingerprint density at radius 2 is 1.79 bits per heavy atom. The van der Waals surface area contributed by atoms with E-state index < -0.39 is 0 Å². The fraction of sp³-hybridized carbons (Fsp3) is 0.200. The van der Waals surface area contributed by atoms with E-state index in [4.69, 9.17) is 23.2 Å². The van der Waals surface area contributed by atoms with E-state index in [2.05, 4.69) is 29.6 Å². The highest BCUT2D eigenvalue weighted by atomic mass is 35.5. The van der Waals surface area contributed by atoms with Crippen LogP contribution in [-0.4, -0.2) is 12.3 Å². The highest BCUT2D eigenvalue weighted by Crippen LogP contribution is 2.21. The Balaban J connectivity index is 1.69.